The van der Waals surface area contributed by atoms with E-state index in [4.69, 9.17) is 25.3 Å². The molecule has 12 heavy (non-hydrogen) atoms. The minimum atomic E-state index is -2.17. The van der Waals surface area contributed by atoms with E-state index in [0.29, 0.717) is 0 Å². The molecule has 0 aliphatic heterocycles. The third-order valence-electron chi connectivity index (χ3n) is 0.302. The fourth-order valence-electron chi connectivity index (χ4n) is 0.129. The quantitative estimate of drug-likeness (QED) is 0.208. The van der Waals surface area contributed by atoms with E-state index >= 15 is 0 Å². The average Bonchev–Trinajstić information content (AvgIpc) is 1.56. The maximum atomic E-state index is 9.43. The maximum Gasteiger partial charge on any atom is 1.00 e. The number of rotatable bonds is 2. The molecule has 7 nitrogen and oxygen atoms in total. The molecule has 0 amide bonds. The molecule has 0 saturated carbocycles. The Kier molecular flexibility index (Phi) is 15.3. The zero-order chi connectivity index (χ0) is 9.44. The average molecular weight is 174 g/mol. The Morgan fingerprint density at radius 3 is 1.25 bits per heavy atom. The number of hydrogen-bond acceptors (Lipinski definition) is 5. The molecule has 0 aromatic carbocycles. The van der Waals surface area contributed by atoms with Gasteiger partial charge >= 0.3 is 38.1 Å². The van der Waals surface area contributed by atoms with E-state index < -0.39 is 25.7 Å². The number of carbonyl (C=O) groups is 2. The van der Waals surface area contributed by atoms with Crippen molar-refractivity contribution in [3.8, 4) is 0 Å². The van der Waals surface area contributed by atoms with Crippen LogP contribution in [0.25, 0.3) is 0 Å². The fraction of sp³-hybridized carbons (Fsp3) is 0.333. The van der Waals surface area contributed by atoms with Gasteiger partial charge < -0.3 is 26.7 Å². The summed E-state index contributed by atoms with van der Waals surface area (Å²) in [5.74, 6) is -2.62. The minimum absolute atomic E-state index is 0. The Labute approximate surface area is 81.5 Å². The van der Waals surface area contributed by atoms with Crippen molar-refractivity contribution in [2.45, 2.75) is 6.42 Å². The number of carboxylic acids is 2. The Morgan fingerprint density at radius 2 is 1.25 bits per heavy atom. The molecule has 0 unspecified atom stereocenters. The monoisotopic (exact) mass is 174 g/mol. The predicted octanol–water partition coefficient (Wildman–Crippen LogP) is -5.39. The van der Waals surface area contributed by atoms with Gasteiger partial charge in [-0.25, -0.2) is 0 Å². The first-order valence-electron chi connectivity index (χ1n) is 2.34. The third kappa shape index (κ3) is 56.3. The molecule has 0 aromatic heterocycles. The normalized spacial score (nSPS) is 6.92. The van der Waals surface area contributed by atoms with Gasteiger partial charge in [0.05, 0.1) is 0 Å². The predicted molar refractivity (Wildman–Crippen MR) is 33.4 cm³/mol. The van der Waals surface area contributed by atoms with Crippen LogP contribution < -0.4 is 18.9 Å². The molecule has 0 rings (SSSR count). The van der Waals surface area contributed by atoms with Gasteiger partial charge in [0, 0.05) is 0 Å². The third-order valence-corrected chi connectivity index (χ3v) is 0.302. The van der Waals surface area contributed by atoms with Crippen LogP contribution in [-0.4, -0.2) is 44.5 Å². The van der Waals surface area contributed by atoms with Gasteiger partial charge in [-0.15, -0.1) is 0 Å². The SMILES string of the molecule is O=C(O)CC(=O)O.OB(O)O.[H-].[Li+]. The molecule has 0 spiro atoms. The maximum absolute atomic E-state index is 9.43. The summed E-state index contributed by atoms with van der Waals surface area (Å²) in [7, 11) is -2.17. The summed E-state index contributed by atoms with van der Waals surface area (Å²) in [6, 6.07) is 0. The van der Waals surface area contributed by atoms with Gasteiger partial charge in [0.2, 0.25) is 0 Å². The van der Waals surface area contributed by atoms with Crippen LogP contribution in [0.2, 0.25) is 0 Å². The summed E-state index contributed by atoms with van der Waals surface area (Å²) < 4.78 is 0. The van der Waals surface area contributed by atoms with E-state index in [1.54, 1.807) is 0 Å². The zero-order valence-electron chi connectivity index (χ0n) is 7.34. The smallest absolute Gasteiger partial charge is 1.00 e. The molecule has 66 valence electrons. The number of hydrogen-bond donors (Lipinski definition) is 5. The zero-order valence-corrected chi connectivity index (χ0v) is 6.34. The Hall–Kier alpha value is -0.518. The van der Waals surface area contributed by atoms with Crippen molar-refractivity contribution < 1.29 is 55.2 Å². The fourth-order valence-corrected chi connectivity index (χ4v) is 0.129. The topological polar surface area (TPSA) is 135 Å². The first-order valence-corrected chi connectivity index (χ1v) is 2.34. The van der Waals surface area contributed by atoms with Crippen molar-refractivity contribution in [1.82, 2.24) is 0 Å². The van der Waals surface area contributed by atoms with Crippen LogP contribution in [0.4, 0.5) is 0 Å². The van der Waals surface area contributed by atoms with E-state index in [1.807, 2.05) is 0 Å². The molecule has 0 heterocycles. The molecule has 0 saturated heterocycles. The van der Waals surface area contributed by atoms with E-state index in [9.17, 15) is 9.59 Å². The van der Waals surface area contributed by atoms with Crippen molar-refractivity contribution in [2.75, 3.05) is 0 Å². The molecule has 0 atom stereocenters. The summed E-state index contributed by atoms with van der Waals surface area (Å²) in [5, 5.41) is 36.9. The van der Waals surface area contributed by atoms with Crippen molar-refractivity contribution in [1.29, 1.82) is 0 Å². The summed E-state index contributed by atoms with van der Waals surface area (Å²) in [6.07, 6.45) is -0.806. The standard InChI is InChI=1S/C3H4O4.BH3O3.Li.H/c4-2(5)1-3(6)7;2-1(3)4;;/h1H2,(H,4,5)(H,6,7);2-4H;;/q;;+1;-1. The van der Waals surface area contributed by atoms with Gasteiger partial charge in [-0.3, -0.25) is 9.59 Å². The van der Waals surface area contributed by atoms with Crippen LogP contribution in [0.3, 0.4) is 0 Å². The van der Waals surface area contributed by atoms with E-state index in [2.05, 4.69) is 0 Å². The number of aliphatic carboxylic acids is 2. The van der Waals surface area contributed by atoms with Gasteiger partial charge in [0.1, 0.15) is 6.42 Å². The molecule has 0 aliphatic carbocycles. The largest absolute Gasteiger partial charge is 1.00 e. The second-order valence-electron chi connectivity index (χ2n) is 1.31. The first kappa shape index (κ1) is 17.5. The Bertz CT molecular complexity index is 127. The summed E-state index contributed by atoms with van der Waals surface area (Å²) in [4.78, 5) is 18.9. The molecule has 5 N–H and O–H groups in total. The summed E-state index contributed by atoms with van der Waals surface area (Å²) >= 11 is 0. The molecule has 0 radical (unpaired) electrons. The summed E-state index contributed by atoms with van der Waals surface area (Å²) in [6.45, 7) is 0. The molecule has 0 fully saturated rings. The van der Waals surface area contributed by atoms with Crippen LogP contribution in [-0.2, 0) is 9.59 Å². The first-order chi connectivity index (χ1) is 4.86. The van der Waals surface area contributed by atoms with Crippen molar-refractivity contribution in [3.63, 3.8) is 0 Å². The number of carboxylic acid groups (broad SMARTS) is 2. The second kappa shape index (κ2) is 10.5. The van der Waals surface area contributed by atoms with Crippen LogP contribution in [0, 0.1) is 0 Å². The molecule has 0 aromatic rings. The van der Waals surface area contributed by atoms with Gasteiger partial charge in [0.25, 0.3) is 0 Å². The second-order valence-corrected chi connectivity index (χ2v) is 1.31. The molecular weight excluding hydrogens is 166 g/mol. The molecular formula is C3H8BLiO7. The van der Waals surface area contributed by atoms with E-state index in [0.717, 1.165) is 0 Å². The van der Waals surface area contributed by atoms with Crippen LogP contribution in [0.15, 0.2) is 0 Å². The van der Waals surface area contributed by atoms with Gasteiger partial charge in [0.15, 0.2) is 0 Å². The van der Waals surface area contributed by atoms with Crippen LogP contribution in [0.5, 0.6) is 0 Å². The Balaban J connectivity index is -0.0000000600. The van der Waals surface area contributed by atoms with Gasteiger partial charge in [-0.1, -0.05) is 0 Å². The minimum Gasteiger partial charge on any atom is -1.00 e. The molecule has 0 bridgehead atoms. The van der Waals surface area contributed by atoms with Crippen LogP contribution in [0.1, 0.15) is 7.85 Å². The van der Waals surface area contributed by atoms with Crippen molar-refractivity contribution in [2.24, 2.45) is 0 Å². The van der Waals surface area contributed by atoms with Gasteiger partial charge in [-0.2, -0.15) is 0 Å². The van der Waals surface area contributed by atoms with Crippen molar-refractivity contribution in [3.05, 3.63) is 0 Å². The van der Waals surface area contributed by atoms with Crippen LogP contribution >= 0.6 is 0 Å². The summed E-state index contributed by atoms with van der Waals surface area (Å²) in [5.41, 5.74) is 0. The van der Waals surface area contributed by atoms with E-state index in [-0.39, 0.29) is 20.3 Å². The van der Waals surface area contributed by atoms with Crippen molar-refractivity contribution >= 4 is 19.3 Å². The molecule has 9 heteroatoms. The molecule has 0 aliphatic rings. The van der Waals surface area contributed by atoms with Gasteiger partial charge in [-0.05, 0) is 0 Å². The van der Waals surface area contributed by atoms with E-state index in [1.165, 1.54) is 0 Å². The Morgan fingerprint density at radius 1 is 1.08 bits per heavy atom.